The van der Waals surface area contributed by atoms with E-state index < -0.39 is 12.0 Å². The third kappa shape index (κ3) is 4.68. The van der Waals surface area contributed by atoms with Gasteiger partial charge in [-0.1, -0.05) is 48.5 Å². The first-order valence-electron chi connectivity index (χ1n) is 14.4. The van der Waals surface area contributed by atoms with Crippen molar-refractivity contribution < 1.29 is 14.3 Å². The molecule has 2 atom stereocenters. The zero-order valence-electron chi connectivity index (χ0n) is 24.3. The van der Waals surface area contributed by atoms with Crippen molar-refractivity contribution in [2.45, 2.75) is 25.8 Å². The molecule has 1 saturated heterocycles. The Bertz CT molecular complexity index is 1600. The van der Waals surface area contributed by atoms with Gasteiger partial charge in [-0.05, 0) is 48.7 Å². The molecular weight excluding hydrogens is 512 g/mol. The molecule has 41 heavy (non-hydrogen) atoms. The van der Waals surface area contributed by atoms with E-state index in [2.05, 4.69) is 59.8 Å². The van der Waals surface area contributed by atoms with E-state index in [1.165, 1.54) is 16.8 Å². The average Bonchev–Trinajstić information content (AvgIpc) is 3.33. The molecule has 2 aliphatic heterocycles. The standard InChI is InChI=1S/C34H38N4O3/c1-23-10-9-15-29(24(23)2)36-16-18-37(19-17-36)34(40)31-26-12-5-6-13-27(26)33(39)38(20-21-41-4)32(31)28-22-35(3)30-14-8-7-11-25(28)30/h5-15,22,31-32H,16-21H2,1-4H3. The number of fused-ring (bicyclic) bond motifs is 2. The van der Waals surface area contributed by atoms with Crippen molar-refractivity contribution in [3.63, 3.8) is 0 Å². The molecule has 3 heterocycles. The molecule has 2 amide bonds. The maximum Gasteiger partial charge on any atom is 0.254 e. The van der Waals surface area contributed by atoms with Crippen molar-refractivity contribution in [3.8, 4) is 0 Å². The molecule has 212 valence electrons. The smallest absolute Gasteiger partial charge is 0.254 e. The molecule has 6 rings (SSSR count). The van der Waals surface area contributed by atoms with Crippen LogP contribution in [0.15, 0.2) is 72.9 Å². The van der Waals surface area contributed by atoms with E-state index >= 15 is 0 Å². The molecule has 3 aromatic carbocycles. The molecular formula is C34H38N4O3. The van der Waals surface area contributed by atoms with Crippen LogP contribution in [-0.2, 0) is 16.6 Å². The number of aromatic nitrogens is 1. The monoisotopic (exact) mass is 550 g/mol. The predicted molar refractivity (Wildman–Crippen MR) is 162 cm³/mol. The molecule has 0 aliphatic carbocycles. The van der Waals surface area contributed by atoms with Crippen molar-refractivity contribution in [2.24, 2.45) is 7.05 Å². The van der Waals surface area contributed by atoms with Crippen molar-refractivity contribution in [1.82, 2.24) is 14.4 Å². The zero-order valence-corrected chi connectivity index (χ0v) is 24.3. The van der Waals surface area contributed by atoms with Crippen LogP contribution < -0.4 is 4.90 Å². The lowest BCUT2D eigenvalue weighted by molar-refractivity contribution is -0.135. The summed E-state index contributed by atoms with van der Waals surface area (Å²) in [6, 6.07) is 21.8. The van der Waals surface area contributed by atoms with Gasteiger partial charge in [0.25, 0.3) is 5.91 Å². The number of carbonyl (C=O) groups excluding carboxylic acids is 2. The molecule has 0 bridgehead atoms. The molecule has 7 nitrogen and oxygen atoms in total. The van der Waals surface area contributed by atoms with Crippen LogP contribution in [0.3, 0.4) is 0 Å². The topological polar surface area (TPSA) is 58.0 Å². The van der Waals surface area contributed by atoms with Gasteiger partial charge < -0.3 is 24.0 Å². The minimum atomic E-state index is -0.515. The van der Waals surface area contributed by atoms with Crippen LogP contribution in [0.25, 0.3) is 10.9 Å². The molecule has 1 aromatic heterocycles. The molecule has 7 heteroatoms. The van der Waals surface area contributed by atoms with Crippen LogP contribution in [0, 0.1) is 13.8 Å². The fraction of sp³-hybridized carbons (Fsp3) is 0.353. The zero-order chi connectivity index (χ0) is 28.7. The number of para-hydroxylation sites is 1. The molecule has 1 fully saturated rings. The summed E-state index contributed by atoms with van der Waals surface area (Å²) >= 11 is 0. The van der Waals surface area contributed by atoms with Gasteiger partial charge in [0.1, 0.15) is 0 Å². The number of aryl methyl sites for hydroxylation is 2. The Labute approximate surface area is 241 Å². The summed E-state index contributed by atoms with van der Waals surface area (Å²) in [6.45, 7) is 7.93. The first kappa shape index (κ1) is 27.1. The van der Waals surface area contributed by atoms with E-state index in [-0.39, 0.29) is 11.8 Å². The molecule has 0 spiro atoms. The normalized spacial score (nSPS) is 19.1. The van der Waals surface area contributed by atoms with E-state index in [0.29, 0.717) is 31.8 Å². The Morgan fingerprint density at radius 1 is 0.902 bits per heavy atom. The van der Waals surface area contributed by atoms with Crippen LogP contribution in [0.5, 0.6) is 0 Å². The van der Waals surface area contributed by atoms with Crippen molar-refractivity contribution in [3.05, 3.63) is 101 Å². The second kappa shape index (κ2) is 11.1. The van der Waals surface area contributed by atoms with Gasteiger partial charge >= 0.3 is 0 Å². The number of rotatable bonds is 6. The molecule has 0 saturated carbocycles. The highest BCUT2D eigenvalue weighted by Gasteiger charge is 2.46. The van der Waals surface area contributed by atoms with E-state index in [1.807, 2.05) is 53.2 Å². The minimum Gasteiger partial charge on any atom is -0.383 e. The van der Waals surface area contributed by atoms with Gasteiger partial charge in [-0.3, -0.25) is 9.59 Å². The van der Waals surface area contributed by atoms with E-state index in [1.54, 1.807) is 7.11 Å². The highest BCUT2D eigenvalue weighted by molar-refractivity contribution is 6.02. The third-order valence-electron chi connectivity index (χ3n) is 9.00. The Kier molecular flexibility index (Phi) is 7.30. The largest absolute Gasteiger partial charge is 0.383 e. The van der Waals surface area contributed by atoms with E-state index in [0.717, 1.165) is 35.1 Å². The summed E-state index contributed by atoms with van der Waals surface area (Å²) in [7, 11) is 3.67. The highest BCUT2D eigenvalue weighted by atomic mass is 16.5. The lowest BCUT2D eigenvalue weighted by atomic mass is 9.78. The maximum atomic E-state index is 14.7. The Morgan fingerprint density at radius 2 is 1.63 bits per heavy atom. The first-order valence-corrected chi connectivity index (χ1v) is 14.4. The van der Waals surface area contributed by atoms with Gasteiger partial charge in [-0.25, -0.2) is 0 Å². The van der Waals surface area contributed by atoms with Crippen molar-refractivity contribution >= 4 is 28.4 Å². The quantitative estimate of drug-likeness (QED) is 0.336. The maximum absolute atomic E-state index is 14.7. The Hall–Kier alpha value is -4.10. The number of anilines is 1. The number of hydrogen-bond donors (Lipinski definition) is 0. The summed E-state index contributed by atoms with van der Waals surface area (Å²) in [5.74, 6) is -0.496. The number of nitrogens with zero attached hydrogens (tertiary/aromatic N) is 4. The second-order valence-electron chi connectivity index (χ2n) is 11.2. The van der Waals surface area contributed by atoms with Gasteiger partial charge in [-0.2, -0.15) is 0 Å². The average molecular weight is 551 g/mol. The van der Waals surface area contributed by atoms with Crippen molar-refractivity contribution in [1.29, 1.82) is 0 Å². The Balaban J connectivity index is 1.40. The van der Waals surface area contributed by atoms with Crippen LogP contribution in [0.1, 0.15) is 44.6 Å². The van der Waals surface area contributed by atoms with Gasteiger partial charge in [0.05, 0.1) is 18.6 Å². The van der Waals surface area contributed by atoms with Crippen LogP contribution in [0.4, 0.5) is 5.69 Å². The van der Waals surface area contributed by atoms with E-state index in [4.69, 9.17) is 4.74 Å². The molecule has 0 N–H and O–H groups in total. The van der Waals surface area contributed by atoms with Crippen molar-refractivity contribution in [2.75, 3.05) is 51.3 Å². The van der Waals surface area contributed by atoms with Gasteiger partial charge in [-0.15, -0.1) is 0 Å². The predicted octanol–water partition coefficient (Wildman–Crippen LogP) is 5.07. The Morgan fingerprint density at radius 3 is 2.41 bits per heavy atom. The number of ether oxygens (including phenoxy) is 1. The van der Waals surface area contributed by atoms with Gasteiger partial charge in [0.2, 0.25) is 5.91 Å². The lowest BCUT2D eigenvalue weighted by Crippen LogP contribution is -2.54. The second-order valence-corrected chi connectivity index (χ2v) is 11.2. The van der Waals surface area contributed by atoms with Crippen LogP contribution in [0.2, 0.25) is 0 Å². The third-order valence-corrected chi connectivity index (χ3v) is 9.00. The highest BCUT2D eigenvalue weighted by Crippen LogP contribution is 2.46. The van der Waals surface area contributed by atoms with Crippen LogP contribution in [-0.4, -0.2) is 72.6 Å². The van der Waals surface area contributed by atoms with E-state index in [9.17, 15) is 9.59 Å². The van der Waals surface area contributed by atoms with Gasteiger partial charge in [0.15, 0.2) is 0 Å². The number of methoxy groups -OCH3 is 1. The fourth-order valence-electron chi connectivity index (χ4n) is 6.69. The van der Waals surface area contributed by atoms with Crippen LogP contribution >= 0.6 is 0 Å². The number of benzene rings is 3. The molecule has 0 radical (unpaired) electrons. The SMILES string of the molecule is COCCN1C(=O)c2ccccc2C(C(=O)N2CCN(c3cccc(C)c3C)CC2)C1c1cn(C)c2ccccc12. The number of amides is 2. The summed E-state index contributed by atoms with van der Waals surface area (Å²) in [5.41, 5.74) is 7.29. The molecule has 2 aliphatic rings. The summed E-state index contributed by atoms with van der Waals surface area (Å²) in [4.78, 5) is 34.9. The number of piperazine rings is 1. The first-order chi connectivity index (χ1) is 19.9. The molecule has 2 unspecified atom stereocenters. The summed E-state index contributed by atoms with van der Waals surface area (Å²) in [5, 5.41) is 1.06. The minimum absolute atomic E-state index is 0.0561. The summed E-state index contributed by atoms with van der Waals surface area (Å²) in [6.07, 6.45) is 2.09. The molecule has 4 aromatic rings. The number of carbonyl (C=O) groups is 2. The van der Waals surface area contributed by atoms with Gasteiger partial charge in [0, 0.05) is 80.8 Å². The fourth-order valence-corrected chi connectivity index (χ4v) is 6.69. The lowest BCUT2D eigenvalue weighted by Gasteiger charge is -2.44. The summed E-state index contributed by atoms with van der Waals surface area (Å²) < 4.78 is 7.53. The number of hydrogen-bond acceptors (Lipinski definition) is 4.